The van der Waals surface area contributed by atoms with Gasteiger partial charge < -0.3 is 15.2 Å². The average Bonchev–Trinajstić information content (AvgIpc) is 3.22. The van der Waals surface area contributed by atoms with Gasteiger partial charge in [0.1, 0.15) is 5.65 Å². The van der Waals surface area contributed by atoms with Crippen molar-refractivity contribution >= 4 is 33.8 Å². The minimum Gasteiger partial charge on any atom is -0.351 e. The van der Waals surface area contributed by atoms with Gasteiger partial charge in [0.2, 0.25) is 11.9 Å². The molecule has 1 fully saturated rings. The summed E-state index contributed by atoms with van der Waals surface area (Å²) in [5.74, 6) is 0.989. The van der Waals surface area contributed by atoms with Crippen LogP contribution in [0.5, 0.6) is 0 Å². The van der Waals surface area contributed by atoms with E-state index in [4.69, 9.17) is 0 Å². The Hall–Kier alpha value is -3.55. The zero-order chi connectivity index (χ0) is 21.4. The van der Waals surface area contributed by atoms with Crippen LogP contribution in [-0.4, -0.2) is 56.1 Å². The van der Waals surface area contributed by atoms with Gasteiger partial charge in [-0.3, -0.25) is 4.79 Å². The number of hydrogen-bond donors (Lipinski definition) is 2. The molecule has 1 aromatic carbocycles. The summed E-state index contributed by atoms with van der Waals surface area (Å²) in [6, 6.07) is 8.37. The zero-order valence-corrected chi connectivity index (χ0v) is 17.7. The van der Waals surface area contributed by atoms with Gasteiger partial charge >= 0.3 is 0 Å². The van der Waals surface area contributed by atoms with Crippen LogP contribution in [0.1, 0.15) is 25.7 Å². The van der Waals surface area contributed by atoms with Gasteiger partial charge in [0.05, 0.1) is 11.7 Å². The van der Waals surface area contributed by atoms with Crippen molar-refractivity contribution in [3.8, 4) is 11.1 Å². The molecule has 0 unspecified atom stereocenters. The van der Waals surface area contributed by atoms with Crippen molar-refractivity contribution in [2.45, 2.75) is 31.7 Å². The molecule has 1 aliphatic carbocycles. The molecule has 1 aliphatic rings. The fourth-order valence-electron chi connectivity index (χ4n) is 4.40. The van der Waals surface area contributed by atoms with Gasteiger partial charge in [-0.15, -0.1) is 0 Å². The van der Waals surface area contributed by atoms with Crippen LogP contribution in [0.3, 0.4) is 0 Å². The second-order valence-electron chi connectivity index (χ2n) is 8.39. The SMILES string of the molecule is CN(C)C(=O)[C@H]1CC[C@@H](Nc2ncc3c(-c4ccc5nnccc5c4)c[nH]c3n2)CC1. The summed E-state index contributed by atoms with van der Waals surface area (Å²) in [5, 5.41) is 13.6. The van der Waals surface area contributed by atoms with Crippen LogP contribution in [0.25, 0.3) is 33.1 Å². The van der Waals surface area contributed by atoms with E-state index in [0.717, 1.165) is 58.7 Å². The second-order valence-corrected chi connectivity index (χ2v) is 8.39. The minimum atomic E-state index is 0.135. The predicted octanol–water partition coefficient (Wildman–Crippen LogP) is 3.63. The number of H-pyrrole nitrogens is 1. The summed E-state index contributed by atoms with van der Waals surface area (Å²) in [4.78, 5) is 26.4. The molecule has 3 heterocycles. The molecule has 0 aliphatic heterocycles. The maximum absolute atomic E-state index is 12.2. The highest BCUT2D eigenvalue weighted by molar-refractivity contribution is 5.96. The lowest BCUT2D eigenvalue weighted by Crippen LogP contribution is -2.35. The van der Waals surface area contributed by atoms with Crippen molar-refractivity contribution < 1.29 is 4.79 Å². The first kappa shape index (κ1) is 19.4. The second kappa shape index (κ2) is 7.94. The quantitative estimate of drug-likeness (QED) is 0.528. The number of aromatic nitrogens is 5. The van der Waals surface area contributed by atoms with Crippen LogP contribution in [0, 0.1) is 5.92 Å². The van der Waals surface area contributed by atoms with Crippen LogP contribution in [0.4, 0.5) is 5.95 Å². The highest BCUT2D eigenvalue weighted by atomic mass is 16.2. The highest BCUT2D eigenvalue weighted by Crippen LogP contribution is 2.31. The molecule has 158 valence electrons. The normalized spacial score (nSPS) is 18.9. The van der Waals surface area contributed by atoms with Crippen LogP contribution >= 0.6 is 0 Å². The number of hydrogen-bond acceptors (Lipinski definition) is 6. The van der Waals surface area contributed by atoms with E-state index in [1.165, 1.54) is 0 Å². The van der Waals surface area contributed by atoms with Crippen LogP contribution in [0.2, 0.25) is 0 Å². The highest BCUT2D eigenvalue weighted by Gasteiger charge is 2.27. The van der Waals surface area contributed by atoms with Gasteiger partial charge in [-0.25, -0.2) is 4.98 Å². The number of nitrogens with zero attached hydrogens (tertiary/aromatic N) is 5. The maximum Gasteiger partial charge on any atom is 0.225 e. The Labute approximate surface area is 180 Å². The number of nitrogens with one attached hydrogen (secondary N) is 2. The number of anilines is 1. The Bertz CT molecular complexity index is 1240. The molecular formula is C23H25N7O. The molecular weight excluding hydrogens is 390 g/mol. The first-order chi connectivity index (χ1) is 15.1. The summed E-state index contributed by atoms with van der Waals surface area (Å²) in [6.45, 7) is 0. The van der Waals surface area contributed by atoms with Crippen molar-refractivity contribution in [3.63, 3.8) is 0 Å². The summed E-state index contributed by atoms with van der Waals surface area (Å²) in [7, 11) is 3.65. The monoisotopic (exact) mass is 415 g/mol. The molecule has 0 bridgehead atoms. The van der Waals surface area contributed by atoms with Crippen LogP contribution in [0.15, 0.2) is 42.9 Å². The van der Waals surface area contributed by atoms with Crippen molar-refractivity contribution in [2.75, 3.05) is 19.4 Å². The fraction of sp³-hybridized carbons (Fsp3) is 0.348. The first-order valence-electron chi connectivity index (χ1n) is 10.6. The van der Waals surface area contributed by atoms with Crippen molar-refractivity contribution in [1.82, 2.24) is 30.0 Å². The number of aromatic amines is 1. The van der Waals surface area contributed by atoms with E-state index in [9.17, 15) is 4.79 Å². The molecule has 2 N–H and O–H groups in total. The van der Waals surface area contributed by atoms with Crippen molar-refractivity contribution in [1.29, 1.82) is 0 Å². The molecule has 8 nitrogen and oxygen atoms in total. The predicted molar refractivity (Wildman–Crippen MR) is 120 cm³/mol. The molecule has 5 rings (SSSR count). The summed E-state index contributed by atoms with van der Waals surface area (Å²) in [6.07, 6.45) is 9.23. The molecule has 8 heteroatoms. The number of carbonyl (C=O) groups excluding carboxylic acids is 1. The van der Waals surface area contributed by atoms with E-state index in [2.05, 4.69) is 36.5 Å². The lowest BCUT2D eigenvalue weighted by molar-refractivity contribution is -0.133. The van der Waals surface area contributed by atoms with Crippen LogP contribution in [-0.2, 0) is 4.79 Å². The van der Waals surface area contributed by atoms with Crippen molar-refractivity contribution in [2.24, 2.45) is 5.92 Å². The van der Waals surface area contributed by atoms with Gasteiger partial charge in [0.25, 0.3) is 0 Å². The summed E-state index contributed by atoms with van der Waals surface area (Å²) in [5.41, 5.74) is 3.82. The molecule has 31 heavy (non-hydrogen) atoms. The van der Waals surface area contributed by atoms with E-state index < -0.39 is 0 Å². The van der Waals surface area contributed by atoms with E-state index in [1.54, 1.807) is 11.1 Å². The molecule has 1 amide bonds. The average molecular weight is 416 g/mol. The largest absolute Gasteiger partial charge is 0.351 e. The topological polar surface area (TPSA) is 99.7 Å². The van der Waals surface area contributed by atoms with E-state index in [1.807, 2.05) is 44.7 Å². The summed E-state index contributed by atoms with van der Waals surface area (Å²) >= 11 is 0. The van der Waals surface area contributed by atoms with E-state index in [0.29, 0.717) is 12.0 Å². The Morgan fingerprint density at radius 2 is 2.00 bits per heavy atom. The number of benzene rings is 1. The summed E-state index contributed by atoms with van der Waals surface area (Å²) < 4.78 is 0. The Kier molecular flexibility index (Phi) is 4.97. The van der Waals surface area contributed by atoms with Crippen molar-refractivity contribution in [3.05, 3.63) is 42.9 Å². The molecule has 0 saturated heterocycles. The van der Waals surface area contributed by atoms with Gasteiger partial charge in [0, 0.05) is 54.8 Å². The van der Waals surface area contributed by atoms with E-state index in [-0.39, 0.29) is 11.8 Å². The maximum atomic E-state index is 12.2. The smallest absolute Gasteiger partial charge is 0.225 e. The Balaban J connectivity index is 1.32. The molecule has 1 saturated carbocycles. The minimum absolute atomic E-state index is 0.135. The van der Waals surface area contributed by atoms with E-state index >= 15 is 0 Å². The Morgan fingerprint density at radius 3 is 2.81 bits per heavy atom. The van der Waals surface area contributed by atoms with Crippen LogP contribution < -0.4 is 5.32 Å². The third-order valence-electron chi connectivity index (χ3n) is 6.11. The van der Waals surface area contributed by atoms with Gasteiger partial charge in [-0.2, -0.15) is 15.2 Å². The number of fused-ring (bicyclic) bond motifs is 2. The number of rotatable bonds is 4. The molecule has 0 atom stereocenters. The van der Waals surface area contributed by atoms with Gasteiger partial charge in [-0.05, 0) is 49.4 Å². The standard InChI is InChI=1S/C23H25N7O/c1-30(2)22(31)14-3-6-17(7-4-14)27-23-25-13-19-18(12-24-21(19)28-23)15-5-8-20-16(11-15)9-10-26-29-20/h5,8-14,17H,3-4,6-7H2,1-2H3,(H2,24,25,27,28)/t14-,17+. The molecule has 3 aromatic heterocycles. The third-order valence-corrected chi connectivity index (χ3v) is 6.11. The lowest BCUT2D eigenvalue weighted by Gasteiger charge is -2.29. The van der Waals surface area contributed by atoms with Gasteiger partial charge in [0.15, 0.2) is 0 Å². The Morgan fingerprint density at radius 1 is 1.16 bits per heavy atom. The number of carbonyl (C=O) groups is 1. The molecule has 4 aromatic rings. The lowest BCUT2D eigenvalue weighted by atomic mass is 9.85. The first-order valence-corrected chi connectivity index (χ1v) is 10.6. The fourth-order valence-corrected chi connectivity index (χ4v) is 4.40. The molecule has 0 radical (unpaired) electrons. The zero-order valence-electron chi connectivity index (χ0n) is 17.7. The third kappa shape index (κ3) is 3.81. The van der Waals surface area contributed by atoms with Gasteiger partial charge in [-0.1, -0.05) is 6.07 Å². The number of amides is 1. The molecule has 0 spiro atoms.